The normalized spacial score (nSPS) is 10.1. The molecule has 0 radical (unpaired) electrons. The van der Waals surface area contributed by atoms with Gasteiger partial charge in [0.25, 0.3) is 5.56 Å². The summed E-state index contributed by atoms with van der Waals surface area (Å²) in [4.78, 5) is 23.3. The van der Waals surface area contributed by atoms with Crippen LogP contribution in [0.25, 0.3) is 0 Å². The Balaban J connectivity index is 2.21. The van der Waals surface area contributed by atoms with E-state index in [1.807, 2.05) is 0 Å². The highest BCUT2D eigenvalue weighted by atomic mass is 16.1. The molecule has 0 fully saturated rings. The van der Waals surface area contributed by atoms with Crippen LogP contribution in [0.15, 0.2) is 35.8 Å². The summed E-state index contributed by atoms with van der Waals surface area (Å²) in [5.41, 5.74) is 2.91. The first-order chi connectivity index (χ1) is 7.79. The lowest BCUT2D eigenvalue weighted by Gasteiger charge is -2.04. The van der Waals surface area contributed by atoms with Gasteiger partial charge in [-0.3, -0.25) is 14.3 Å². The lowest BCUT2D eigenvalue weighted by molar-refractivity contribution is 0.715. The van der Waals surface area contributed by atoms with Gasteiger partial charge in [-0.1, -0.05) is 0 Å². The summed E-state index contributed by atoms with van der Waals surface area (Å²) in [5.74, 6) is 5.63. The maximum absolute atomic E-state index is 11.4. The minimum atomic E-state index is -0.127. The van der Waals surface area contributed by atoms with E-state index in [9.17, 15) is 4.79 Å². The van der Waals surface area contributed by atoms with E-state index in [2.05, 4.69) is 20.4 Å². The fraction of sp³-hybridized carbons (Fsp3) is 0.111. The van der Waals surface area contributed by atoms with E-state index in [1.54, 1.807) is 6.20 Å². The van der Waals surface area contributed by atoms with Gasteiger partial charge in [0.05, 0.1) is 31.0 Å². The van der Waals surface area contributed by atoms with Crippen LogP contribution in [0, 0.1) is 0 Å². The van der Waals surface area contributed by atoms with Gasteiger partial charge in [-0.05, 0) is 0 Å². The number of hydrogen-bond acceptors (Lipinski definition) is 6. The smallest absolute Gasteiger partial charge is 0.253 e. The van der Waals surface area contributed by atoms with E-state index in [0.717, 1.165) is 0 Å². The zero-order chi connectivity index (χ0) is 11.4. The zero-order valence-corrected chi connectivity index (χ0v) is 8.37. The highest BCUT2D eigenvalue weighted by Gasteiger charge is 1.99. The van der Waals surface area contributed by atoms with Gasteiger partial charge < -0.3 is 5.43 Å². The molecule has 0 saturated carbocycles. The molecule has 0 aromatic carbocycles. The topological polar surface area (TPSA) is 98.7 Å². The summed E-state index contributed by atoms with van der Waals surface area (Å²) >= 11 is 0. The Morgan fingerprint density at radius 2 is 2.25 bits per heavy atom. The number of rotatable bonds is 3. The molecule has 0 aliphatic rings. The van der Waals surface area contributed by atoms with Crippen LogP contribution in [0.2, 0.25) is 0 Å². The van der Waals surface area contributed by atoms with Gasteiger partial charge in [0.15, 0.2) is 5.82 Å². The predicted octanol–water partition coefficient (Wildman–Crippen LogP) is -0.633. The van der Waals surface area contributed by atoms with E-state index in [1.165, 1.54) is 29.4 Å². The lowest BCUT2D eigenvalue weighted by atomic mass is 10.4. The fourth-order valence-corrected chi connectivity index (χ4v) is 1.18. The number of hydrogen-bond donors (Lipinski definition) is 2. The molecule has 0 unspecified atom stereocenters. The number of hydrazine groups is 1. The van der Waals surface area contributed by atoms with E-state index >= 15 is 0 Å². The van der Waals surface area contributed by atoms with Crippen molar-refractivity contribution in [1.82, 2.24) is 19.5 Å². The number of nitrogens with one attached hydrogen (secondary N) is 1. The minimum absolute atomic E-state index is 0.127. The number of nitrogens with two attached hydrogens (primary N) is 1. The summed E-state index contributed by atoms with van der Waals surface area (Å²) in [7, 11) is 0. The second-order valence-corrected chi connectivity index (χ2v) is 3.08. The first-order valence-electron chi connectivity index (χ1n) is 4.57. The van der Waals surface area contributed by atoms with Crippen molar-refractivity contribution in [2.24, 2.45) is 5.84 Å². The van der Waals surface area contributed by atoms with Crippen LogP contribution in [0.4, 0.5) is 5.82 Å². The largest absolute Gasteiger partial charge is 0.307 e. The van der Waals surface area contributed by atoms with Crippen LogP contribution in [0.5, 0.6) is 0 Å². The molecule has 82 valence electrons. The molecule has 7 nitrogen and oxygen atoms in total. The number of nitrogen functional groups attached to an aromatic ring is 1. The zero-order valence-electron chi connectivity index (χ0n) is 8.37. The third kappa shape index (κ3) is 2.20. The molecule has 2 rings (SSSR count). The maximum Gasteiger partial charge on any atom is 0.253 e. The minimum Gasteiger partial charge on any atom is -0.307 e. The Labute approximate surface area is 91.0 Å². The molecule has 0 amide bonds. The third-order valence-corrected chi connectivity index (χ3v) is 1.98. The van der Waals surface area contributed by atoms with Gasteiger partial charge >= 0.3 is 0 Å². The molecule has 0 bridgehead atoms. The van der Waals surface area contributed by atoms with Crippen LogP contribution in [-0.4, -0.2) is 19.5 Å². The van der Waals surface area contributed by atoms with Crippen molar-refractivity contribution in [1.29, 1.82) is 0 Å². The molecule has 0 spiro atoms. The Morgan fingerprint density at radius 1 is 1.38 bits per heavy atom. The van der Waals surface area contributed by atoms with Gasteiger partial charge in [0.1, 0.15) is 0 Å². The van der Waals surface area contributed by atoms with Crippen LogP contribution in [0.3, 0.4) is 0 Å². The SMILES string of the molecule is NNc1cnc(Cn2cnccc2=O)cn1. The average molecular weight is 218 g/mol. The number of nitrogens with zero attached hydrogens (tertiary/aromatic N) is 4. The van der Waals surface area contributed by atoms with Gasteiger partial charge in [-0.2, -0.15) is 0 Å². The molecule has 3 N–H and O–H groups in total. The number of aromatic nitrogens is 4. The Hall–Kier alpha value is -2.28. The number of anilines is 1. The summed E-state index contributed by atoms with van der Waals surface area (Å²) in [6.07, 6.45) is 5.95. The molecule has 0 aliphatic heterocycles. The predicted molar refractivity (Wildman–Crippen MR) is 57.4 cm³/mol. The van der Waals surface area contributed by atoms with Crippen molar-refractivity contribution in [3.8, 4) is 0 Å². The second kappa shape index (κ2) is 4.49. The summed E-state index contributed by atoms with van der Waals surface area (Å²) in [5, 5.41) is 0. The molecule has 16 heavy (non-hydrogen) atoms. The summed E-state index contributed by atoms with van der Waals surface area (Å²) in [6, 6.07) is 1.39. The Kier molecular flexibility index (Phi) is 2.88. The van der Waals surface area contributed by atoms with Crippen molar-refractivity contribution in [3.63, 3.8) is 0 Å². The summed E-state index contributed by atoms with van der Waals surface area (Å²) in [6.45, 7) is 0.338. The molecule has 2 aromatic heterocycles. The van der Waals surface area contributed by atoms with E-state index in [4.69, 9.17) is 5.84 Å². The fourth-order valence-electron chi connectivity index (χ4n) is 1.18. The van der Waals surface area contributed by atoms with Crippen molar-refractivity contribution < 1.29 is 0 Å². The molecule has 0 aliphatic carbocycles. The first kappa shape index (κ1) is 10.2. The van der Waals surface area contributed by atoms with Crippen molar-refractivity contribution in [2.75, 3.05) is 5.43 Å². The average Bonchev–Trinajstić information content (AvgIpc) is 2.33. The lowest BCUT2D eigenvalue weighted by Crippen LogP contribution is -2.20. The molecule has 2 aromatic rings. The van der Waals surface area contributed by atoms with E-state index < -0.39 is 0 Å². The van der Waals surface area contributed by atoms with Crippen molar-refractivity contribution in [3.05, 3.63) is 47.0 Å². The third-order valence-electron chi connectivity index (χ3n) is 1.98. The monoisotopic (exact) mass is 218 g/mol. The molecular weight excluding hydrogens is 208 g/mol. The van der Waals surface area contributed by atoms with Crippen LogP contribution < -0.4 is 16.8 Å². The second-order valence-electron chi connectivity index (χ2n) is 3.08. The molecular formula is C9H10N6O. The molecule has 7 heteroatoms. The molecule has 0 saturated heterocycles. The van der Waals surface area contributed by atoms with Crippen LogP contribution in [0.1, 0.15) is 5.69 Å². The van der Waals surface area contributed by atoms with Gasteiger partial charge in [0.2, 0.25) is 0 Å². The quantitative estimate of drug-likeness (QED) is 0.525. The first-order valence-corrected chi connectivity index (χ1v) is 4.57. The Bertz CT molecular complexity index is 520. The molecule has 0 atom stereocenters. The highest BCUT2D eigenvalue weighted by molar-refractivity contribution is 5.28. The molecule has 2 heterocycles. The van der Waals surface area contributed by atoms with Gasteiger partial charge in [-0.15, -0.1) is 0 Å². The van der Waals surface area contributed by atoms with E-state index in [-0.39, 0.29) is 5.56 Å². The maximum atomic E-state index is 11.4. The highest BCUT2D eigenvalue weighted by Crippen LogP contribution is 1.99. The summed E-state index contributed by atoms with van der Waals surface area (Å²) < 4.78 is 1.44. The standard InChI is InChI=1S/C9H10N6O/c10-14-8-4-12-7(3-13-8)5-15-6-11-2-1-9(15)16/h1-4,6H,5,10H2,(H,13,14). The van der Waals surface area contributed by atoms with Crippen molar-refractivity contribution >= 4 is 5.82 Å². The van der Waals surface area contributed by atoms with Crippen LogP contribution >= 0.6 is 0 Å². The van der Waals surface area contributed by atoms with Crippen molar-refractivity contribution in [2.45, 2.75) is 6.54 Å². The Morgan fingerprint density at radius 3 is 2.88 bits per heavy atom. The van der Waals surface area contributed by atoms with Gasteiger partial charge in [0, 0.05) is 12.3 Å². The van der Waals surface area contributed by atoms with Crippen LogP contribution in [-0.2, 0) is 6.54 Å². The van der Waals surface area contributed by atoms with E-state index in [0.29, 0.717) is 18.1 Å². The van der Waals surface area contributed by atoms with Gasteiger partial charge in [-0.25, -0.2) is 15.8 Å².